The molecule has 0 radical (unpaired) electrons. The van der Waals surface area contributed by atoms with Crippen molar-refractivity contribution in [1.82, 2.24) is 25.0 Å². The molecule has 7 nitrogen and oxygen atoms in total. The van der Waals surface area contributed by atoms with Gasteiger partial charge in [0.2, 0.25) is 0 Å². The third-order valence-electron chi connectivity index (χ3n) is 5.19. The van der Waals surface area contributed by atoms with Crippen LogP contribution >= 0.6 is 0 Å². The highest BCUT2D eigenvalue weighted by Crippen LogP contribution is 2.37. The van der Waals surface area contributed by atoms with Gasteiger partial charge in [-0.15, -0.1) is 0 Å². The fourth-order valence-corrected chi connectivity index (χ4v) is 4.04. The number of nitrogens with one attached hydrogen (secondary N) is 1. The Morgan fingerprint density at radius 3 is 2.68 bits per heavy atom. The number of rotatable bonds is 3. The van der Waals surface area contributed by atoms with Crippen LogP contribution in [0.25, 0.3) is 0 Å². The van der Waals surface area contributed by atoms with Gasteiger partial charge in [0.05, 0.1) is 6.04 Å². The zero-order valence-electron chi connectivity index (χ0n) is 16.0. The topological polar surface area (TPSA) is 72.3 Å². The highest BCUT2D eigenvalue weighted by molar-refractivity contribution is 5.68. The molecule has 2 aliphatic rings. The number of aromatic nitrogens is 3. The number of carbonyl (C=O) groups excluding carboxylic acids is 1. The summed E-state index contributed by atoms with van der Waals surface area (Å²) in [6, 6.07) is 0.602. The number of amides is 1. The number of fused-ring (bicyclic) bond motifs is 1. The van der Waals surface area contributed by atoms with E-state index < -0.39 is 5.60 Å². The Kier molecular flexibility index (Phi) is 5.04. The number of hydrogen-bond acceptors (Lipinski definition) is 5. The second kappa shape index (κ2) is 6.94. The van der Waals surface area contributed by atoms with Crippen LogP contribution in [-0.4, -0.2) is 50.5 Å². The lowest BCUT2D eigenvalue weighted by Crippen LogP contribution is -2.39. The predicted molar refractivity (Wildman–Crippen MR) is 95.0 cm³/mol. The molecule has 2 fully saturated rings. The van der Waals surface area contributed by atoms with Crippen LogP contribution in [0.15, 0.2) is 6.33 Å². The van der Waals surface area contributed by atoms with Crippen LogP contribution < -0.4 is 5.32 Å². The minimum Gasteiger partial charge on any atom is -0.444 e. The summed E-state index contributed by atoms with van der Waals surface area (Å²) in [4.78, 5) is 18.6. The molecule has 1 saturated heterocycles. The molecule has 25 heavy (non-hydrogen) atoms. The van der Waals surface area contributed by atoms with Gasteiger partial charge in [0.1, 0.15) is 11.9 Å². The van der Waals surface area contributed by atoms with Gasteiger partial charge in [-0.05, 0) is 58.8 Å². The van der Waals surface area contributed by atoms with Gasteiger partial charge in [-0.1, -0.05) is 0 Å². The fraction of sp³-hybridized carbons (Fsp3) is 0.833. The van der Waals surface area contributed by atoms with Crippen molar-refractivity contribution in [2.24, 2.45) is 18.9 Å². The molecule has 1 N–H and O–H groups in total. The van der Waals surface area contributed by atoms with E-state index in [1.165, 1.54) is 0 Å². The van der Waals surface area contributed by atoms with Crippen LogP contribution in [0.1, 0.15) is 58.8 Å². The smallest absolute Gasteiger partial charge is 0.410 e. The third-order valence-corrected chi connectivity index (χ3v) is 5.19. The largest absolute Gasteiger partial charge is 0.444 e. The standard InChI is InChI=1S/C18H31N5O2/c1-12(16-19-11-22(5)21-16)20-15-7-6-13-9-23(10-14(13)8-15)17(24)25-18(2,3)4/h11-15,20H,6-10H2,1-5H3. The molecule has 2 heterocycles. The molecule has 1 aromatic rings. The molecule has 0 spiro atoms. The Morgan fingerprint density at radius 2 is 2.04 bits per heavy atom. The molecule has 7 heteroatoms. The minimum absolute atomic E-state index is 0.145. The highest BCUT2D eigenvalue weighted by Gasteiger charge is 2.40. The number of likely N-dealkylation sites (tertiary alicyclic amines) is 1. The Hall–Kier alpha value is -1.63. The normalized spacial score (nSPS) is 27.9. The van der Waals surface area contributed by atoms with E-state index in [9.17, 15) is 4.79 Å². The van der Waals surface area contributed by atoms with Gasteiger partial charge >= 0.3 is 6.09 Å². The molecule has 0 aromatic carbocycles. The zero-order valence-corrected chi connectivity index (χ0v) is 16.0. The fourth-order valence-electron chi connectivity index (χ4n) is 4.04. The van der Waals surface area contributed by atoms with E-state index in [1.54, 1.807) is 11.0 Å². The monoisotopic (exact) mass is 349 g/mol. The number of carbonyl (C=O) groups is 1. The summed E-state index contributed by atoms with van der Waals surface area (Å²) in [6.07, 6.45) is 4.96. The van der Waals surface area contributed by atoms with Gasteiger partial charge in [-0.25, -0.2) is 9.78 Å². The molecule has 0 bridgehead atoms. The van der Waals surface area contributed by atoms with Crippen molar-refractivity contribution >= 4 is 6.09 Å². The summed E-state index contributed by atoms with van der Waals surface area (Å²) < 4.78 is 7.27. The van der Waals surface area contributed by atoms with Crippen LogP contribution in [0.5, 0.6) is 0 Å². The number of hydrogen-bond donors (Lipinski definition) is 1. The van der Waals surface area contributed by atoms with Crippen LogP contribution in [0.2, 0.25) is 0 Å². The number of nitrogens with zero attached hydrogens (tertiary/aromatic N) is 4. The second-order valence-electron chi connectivity index (χ2n) is 8.58. The Labute approximate surface area is 150 Å². The first-order valence-electron chi connectivity index (χ1n) is 9.31. The van der Waals surface area contributed by atoms with Gasteiger partial charge in [0.25, 0.3) is 0 Å². The summed E-state index contributed by atoms with van der Waals surface area (Å²) in [5.74, 6) is 2.00. The lowest BCUT2D eigenvalue weighted by molar-refractivity contribution is 0.0284. The van der Waals surface area contributed by atoms with Crippen molar-refractivity contribution in [3.05, 3.63) is 12.2 Å². The Morgan fingerprint density at radius 1 is 1.32 bits per heavy atom. The average molecular weight is 349 g/mol. The SMILES string of the molecule is CC(NC1CCC2CN(C(=O)OC(C)(C)C)CC2C1)c1ncn(C)n1. The van der Waals surface area contributed by atoms with E-state index in [0.717, 1.165) is 38.2 Å². The van der Waals surface area contributed by atoms with Gasteiger partial charge in [-0.3, -0.25) is 4.68 Å². The van der Waals surface area contributed by atoms with Crippen LogP contribution in [0, 0.1) is 11.8 Å². The van der Waals surface area contributed by atoms with E-state index >= 15 is 0 Å². The first-order valence-corrected chi connectivity index (χ1v) is 9.31. The van der Waals surface area contributed by atoms with Crippen LogP contribution in [0.4, 0.5) is 4.79 Å². The van der Waals surface area contributed by atoms with Crippen molar-refractivity contribution in [1.29, 1.82) is 0 Å². The maximum absolute atomic E-state index is 12.3. The average Bonchev–Trinajstić information content (AvgIpc) is 3.11. The zero-order chi connectivity index (χ0) is 18.2. The van der Waals surface area contributed by atoms with E-state index in [1.807, 2.05) is 32.7 Å². The van der Waals surface area contributed by atoms with Crippen molar-refractivity contribution in [2.75, 3.05) is 13.1 Å². The van der Waals surface area contributed by atoms with Crippen molar-refractivity contribution in [3.8, 4) is 0 Å². The van der Waals surface area contributed by atoms with Gasteiger partial charge in [0, 0.05) is 26.2 Å². The lowest BCUT2D eigenvalue weighted by Gasteiger charge is -2.32. The van der Waals surface area contributed by atoms with Gasteiger partial charge in [-0.2, -0.15) is 5.10 Å². The number of aryl methyl sites for hydroxylation is 1. The molecular weight excluding hydrogens is 318 g/mol. The first-order chi connectivity index (χ1) is 11.7. The molecule has 3 rings (SSSR count). The summed E-state index contributed by atoms with van der Waals surface area (Å²) in [5.41, 5.74) is -0.431. The molecule has 1 aliphatic heterocycles. The molecule has 1 aliphatic carbocycles. The lowest BCUT2D eigenvalue weighted by atomic mass is 9.79. The second-order valence-corrected chi connectivity index (χ2v) is 8.58. The van der Waals surface area contributed by atoms with Crippen molar-refractivity contribution in [3.63, 3.8) is 0 Å². The summed E-state index contributed by atoms with van der Waals surface area (Å²) >= 11 is 0. The molecule has 4 unspecified atom stereocenters. The van der Waals surface area contributed by atoms with Crippen molar-refractivity contribution < 1.29 is 9.53 Å². The minimum atomic E-state index is -0.431. The summed E-state index contributed by atoms with van der Waals surface area (Å²) in [6.45, 7) is 9.52. The Bertz CT molecular complexity index is 609. The predicted octanol–water partition coefficient (Wildman–Crippen LogP) is 2.50. The molecule has 140 valence electrons. The maximum atomic E-state index is 12.3. The van der Waals surface area contributed by atoms with E-state index in [0.29, 0.717) is 17.9 Å². The highest BCUT2D eigenvalue weighted by atomic mass is 16.6. The van der Waals surface area contributed by atoms with Crippen LogP contribution in [-0.2, 0) is 11.8 Å². The number of ether oxygens (including phenoxy) is 1. The van der Waals surface area contributed by atoms with E-state index in [-0.39, 0.29) is 12.1 Å². The Balaban J connectivity index is 1.52. The third kappa shape index (κ3) is 4.51. The quantitative estimate of drug-likeness (QED) is 0.908. The first kappa shape index (κ1) is 18.2. The van der Waals surface area contributed by atoms with Crippen LogP contribution in [0.3, 0.4) is 0 Å². The molecule has 1 saturated carbocycles. The van der Waals surface area contributed by atoms with Gasteiger partial charge in [0.15, 0.2) is 5.82 Å². The van der Waals surface area contributed by atoms with E-state index in [4.69, 9.17) is 4.74 Å². The molecular formula is C18H31N5O2. The molecule has 1 amide bonds. The van der Waals surface area contributed by atoms with Gasteiger partial charge < -0.3 is 15.0 Å². The van der Waals surface area contributed by atoms with E-state index in [2.05, 4.69) is 22.3 Å². The van der Waals surface area contributed by atoms with Crippen molar-refractivity contribution in [2.45, 2.75) is 64.6 Å². The molecule has 4 atom stereocenters. The molecule has 1 aromatic heterocycles. The summed E-state index contributed by atoms with van der Waals surface area (Å²) in [7, 11) is 1.89. The maximum Gasteiger partial charge on any atom is 0.410 e. The summed E-state index contributed by atoms with van der Waals surface area (Å²) in [5, 5.41) is 8.06.